The van der Waals surface area contributed by atoms with Crippen molar-refractivity contribution in [1.29, 1.82) is 0 Å². The van der Waals surface area contributed by atoms with E-state index in [2.05, 4.69) is 5.10 Å². The molecule has 1 fully saturated rings. The van der Waals surface area contributed by atoms with Gasteiger partial charge in [-0.15, -0.1) is 0 Å². The fourth-order valence-electron chi connectivity index (χ4n) is 2.72. The van der Waals surface area contributed by atoms with E-state index < -0.39 is 0 Å². The third kappa shape index (κ3) is 2.54. The second kappa shape index (κ2) is 5.40. The molecule has 0 spiro atoms. The van der Waals surface area contributed by atoms with Crippen LogP contribution in [0.15, 0.2) is 30.3 Å². The number of benzene rings is 1. The van der Waals surface area contributed by atoms with Crippen LogP contribution in [0.3, 0.4) is 0 Å². The molecule has 1 aromatic carbocycles. The summed E-state index contributed by atoms with van der Waals surface area (Å²) in [4.78, 5) is 25.2. The summed E-state index contributed by atoms with van der Waals surface area (Å²) in [6, 6.07) is 9.44. The molecule has 2 aromatic rings. The van der Waals surface area contributed by atoms with Gasteiger partial charge in [-0.3, -0.25) is 9.59 Å². The summed E-state index contributed by atoms with van der Waals surface area (Å²) >= 11 is 0. The molecule has 0 N–H and O–H groups in total. The van der Waals surface area contributed by atoms with Gasteiger partial charge in [0, 0.05) is 24.3 Å². The number of carbonyl (C=O) groups is 2. The highest BCUT2D eigenvalue weighted by molar-refractivity contribution is 5.96. The molecule has 1 amide bonds. The second-order valence-electron chi connectivity index (χ2n) is 5.90. The highest BCUT2D eigenvalue weighted by Gasteiger charge is 2.33. The Bertz CT molecular complexity index is 725. The van der Waals surface area contributed by atoms with E-state index in [9.17, 15) is 9.59 Å². The summed E-state index contributed by atoms with van der Waals surface area (Å²) in [5.41, 5.74) is 3.61. The molecule has 0 saturated carbocycles. The van der Waals surface area contributed by atoms with Crippen molar-refractivity contribution >= 4 is 11.7 Å². The largest absolute Gasteiger partial charge is 0.337 e. The Morgan fingerprint density at radius 1 is 1.14 bits per heavy atom. The zero-order chi connectivity index (χ0) is 15.9. The monoisotopic (exact) mass is 297 g/mol. The van der Waals surface area contributed by atoms with Gasteiger partial charge >= 0.3 is 0 Å². The molecule has 0 aliphatic carbocycles. The van der Waals surface area contributed by atoms with E-state index in [-0.39, 0.29) is 17.6 Å². The SMILES string of the molecule is CC(=O)C1CN(C(=O)c2ccc(-n3nc(C)cc3C)cc2)C1. The van der Waals surface area contributed by atoms with E-state index in [1.165, 1.54) is 0 Å². The van der Waals surface area contributed by atoms with Crippen molar-refractivity contribution in [2.24, 2.45) is 5.92 Å². The minimum Gasteiger partial charge on any atom is -0.337 e. The first-order valence-corrected chi connectivity index (χ1v) is 7.39. The molecule has 2 heterocycles. The normalized spacial score (nSPS) is 14.8. The molecule has 3 rings (SSSR count). The van der Waals surface area contributed by atoms with Gasteiger partial charge in [0.15, 0.2) is 0 Å². The molecule has 0 bridgehead atoms. The Morgan fingerprint density at radius 3 is 2.27 bits per heavy atom. The average molecular weight is 297 g/mol. The van der Waals surface area contributed by atoms with Crippen molar-refractivity contribution in [1.82, 2.24) is 14.7 Å². The van der Waals surface area contributed by atoms with Gasteiger partial charge < -0.3 is 4.90 Å². The van der Waals surface area contributed by atoms with Crippen molar-refractivity contribution in [3.63, 3.8) is 0 Å². The third-order valence-corrected chi connectivity index (χ3v) is 4.11. The fraction of sp³-hybridized carbons (Fsp3) is 0.353. The first-order valence-electron chi connectivity index (χ1n) is 7.39. The van der Waals surface area contributed by atoms with Gasteiger partial charge in [0.05, 0.1) is 17.3 Å². The van der Waals surface area contributed by atoms with Gasteiger partial charge in [-0.1, -0.05) is 0 Å². The van der Waals surface area contributed by atoms with E-state index >= 15 is 0 Å². The maximum atomic E-state index is 12.3. The van der Waals surface area contributed by atoms with Gasteiger partial charge in [0.2, 0.25) is 0 Å². The van der Waals surface area contributed by atoms with Crippen LogP contribution < -0.4 is 0 Å². The fourth-order valence-corrected chi connectivity index (χ4v) is 2.72. The average Bonchev–Trinajstić information content (AvgIpc) is 2.75. The highest BCUT2D eigenvalue weighted by atomic mass is 16.2. The summed E-state index contributed by atoms with van der Waals surface area (Å²) in [5, 5.41) is 4.43. The highest BCUT2D eigenvalue weighted by Crippen LogP contribution is 2.20. The lowest BCUT2D eigenvalue weighted by atomic mass is 9.95. The lowest BCUT2D eigenvalue weighted by Crippen LogP contribution is -2.52. The molecule has 0 radical (unpaired) electrons. The molecule has 22 heavy (non-hydrogen) atoms. The van der Waals surface area contributed by atoms with Crippen molar-refractivity contribution in [3.05, 3.63) is 47.3 Å². The van der Waals surface area contributed by atoms with Gasteiger partial charge in [-0.2, -0.15) is 5.10 Å². The van der Waals surface area contributed by atoms with E-state index in [1.54, 1.807) is 11.8 Å². The maximum Gasteiger partial charge on any atom is 0.253 e. The van der Waals surface area contributed by atoms with Crippen molar-refractivity contribution in [3.8, 4) is 5.69 Å². The number of ketones is 1. The number of carbonyl (C=O) groups excluding carboxylic acids is 2. The van der Waals surface area contributed by atoms with Crippen molar-refractivity contribution in [2.45, 2.75) is 20.8 Å². The minimum atomic E-state index is -0.0163. The van der Waals surface area contributed by atoms with Gasteiger partial charge in [0.1, 0.15) is 5.78 Å². The van der Waals surface area contributed by atoms with Crippen LogP contribution in [-0.2, 0) is 4.79 Å². The van der Waals surface area contributed by atoms with Crippen LogP contribution in [0.25, 0.3) is 5.69 Å². The van der Waals surface area contributed by atoms with Gasteiger partial charge in [-0.05, 0) is 51.1 Å². The summed E-state index contributed by atoms with van der Waals surface area (Å²) in [7, 11) is 0. The molecule has 5 heteroatoms. The van der Waals surface area contributed by atoms with Crippen LogP contribution >= 0.6 is 0 Å². The number of nitrogens with zero attached hydrogens (tertiary/aromatic N) is 3. The Balaban J connectivity index is 1.73. The van der Waals surface area contributed by atoms with Gasteiger partial charge in [-0.25, -0.2) is 4.68 Å². The number of rotatable bonds is 3. The zero-order valence-electron chi connectivity index (χ0n) is 13.0. The maximum absolute atomic E-state index is 12.3. The molecule has 114 valence electrons. The van der Waals surface area contributed by atoms with E-state index in [0.717, 1.165) is 17.1 Å². The Labute approximate surface area is 129 Å². The number of hydrogen-bond donors (Lipinski definition) is 0. The number of Topliss-reactive ketones (excluding diaryl/α,β-unsaturated/α-hetero) is 1. The summed E-state index contributed by atoms with van der Waals surface area (Å²) < 4.78 is 1.86. The van der Waals surface area contributed by atoms with E-state index in [4.69, 9.17) is 0 Å². The number of amides is 1. The number of aryl methyl sites for hydroxylation is 2. The summed E-state index contributed by atoms with van der Waals surface area (Å²) in [5.74, 6) is 0.152. The quantitative estimate of drug-likeness (QED) is 0.872. The first kappa shape index (κ1) is 14.5. The molecule has 1 saturated heterocycles. The van der Waals surface area contributed by atoms with Crippen LogP contribution in [0, 0.1) is 19.8 Å². The van der Waals surface area contributed by atoms with Crippen LogP contribution in [0.2, 0.25) is 0 Å². The first-order chi connectivity index (χ1) is 10.5. The Hall–Kier alpha value is -2.43. The van der Waals surface area contributed by atoms with Gasteiger partial charge in [0.25, 0.3) is 5.91 Å². The van der Waals surface area contributed by atoms with Crippen LogP contribution in [-0.4, -0.2) is 39.5 Å². The Kier molecular flexibility index (Phi) is 3.56. The predicted molar refractivity (Wildman–Crippen MR) is 83.1 cm³/mol. The lowest BCUT2D eigenvalue weighted by Gasteiger charge is -2.37. The molecule has 1 aromatic heterocycles. The lowest BCUT2D eigenvalue weighted by molar-refractivity contribution is -0.124. The topological polar surface area (TPSA) is 55.2 Å². The van der Waals surface area contributed by atoms with E-state index in [1.807, 2.05) is 48.9 Å². The Morgan fingerprint density at radius 2 is 1.77 bits per heavy atom. The third-order valence-electron chi connectivity index (χ3n) is 4.11. The molecular formula is C17H19N3O2. The predicted octanol–water partition coefficient (Wildman–Crippen LogP) is 2.15. The number of likely N-dealkylation sites (tertiary alicyclic amines) is 1. The van der Waals surface area contributed by atoms with Crippen LogP contribution in [0.5, 0.6) is 0 Å². The minimum absolute atomic E-state index is 0.0120. The molecule has 0 unspecified atom stereocenters. The molecule has 1 aliphatic rings. The summed E-state index contributed by atoms with van der Waals surface area (Å²) in [6.07, 6.45) is 0. The van der Waals surface area contributed by atoms with Crippen LogP contribution in [0.1, 0.15) is 28.7 Å². The molecular weight excluding hydrogens is 278 g/mol. The standard InChI is InChI=1S/C17H19N3O2/c1-11-8-12(2)20(18-11)16-6-4-14(5-7-16)17(22)19-9-15(10-19)13(3)21/h4-8,15H,9-10H2,1-3H3. The zero-order valence-corrected chi connectivity index (χ0v) is 13.0. The van der Waals surface area contributed by atoms with Crippen LogP contribution in [0.4, 0.5) is 0 Å². The van der Waals surface area contributed by atoms with E-state index in [0.29, 0.717) is 18.7 Å². The summed E-state index contributed by atoms with van der Waals surface area (Å²) in [6.45, 7) is 6.61. The van der Waals surface area contributed by atoms with Crippen molar-refractivity contribution in [2.75, 3.05) is 13.1 Å². The second-order valence-corrected chi connectivity index (χ2v) is 5.90. The number of aromatic nitrogens is 2. The smallest absolute Gasteiger partial charge is 0.253 e. The molecule has 0 atom stereocenters. The number of hydrogen-bond acceptors (Lipinski definition) is 3. The molecule has 5 nitrogen and oxygen atoms in total. The van der Waals surface area contributed by atoms with Crippen molar-refractivity contribution < 1.29 is 9.59 Å². The molecule has 1 aliphatic heterocycles.